The summed E-state index contributed by atoms with van der Waals surface area (Å²) in [5.74, 6) is -0.253. The molecule has 1 aliphatic heterocycles. The number of thioether (sulfide) groups is 1. The molecule has 1 aliphatic rings. The number of carbonyl (C=O) groups is 2. The van der Waals surface area contributed by atoms with Crippen LogP contribution in [0.3, 0.4) is 0 Å². The van der Waals surface area contributed by atoms with Gasteiger partial charge in [-0.2, -0.15) is 0 Å². The van der Waals surface area contributed by atoms with Gasteiger partial charge < -0.3 is 20.7 Å². The van der Waals surface area contributed by atoms with Crippen LogP contribution in [0.5, 0.6) is 0 Å². The molecule has 1 fully saturated rings. The second-order valence-corrected chi connectivity index (χ2v) is 7.86. The standard InChI is InChI=1S/C20H32N4O3S/c1-3-23(4-2)11-12-27-16-9-10-24(13-16)14-20(26)22-17-7-5-6-8-18(17)28-15-19(21)25/h5-8,16H,3-4,9-15H2,1-2H3,(H2,21,25)(H,22,26)/t16-/m0/s1. The van der Waals surface area contributed by atoms with E-state index < -0.39 is 0 Å². The first kappa shape index (κ1) is 22.7. The highest BCUT2D eigenvalue weighted by Gasteiger charge is 2.24. The fraction of sp³-hybridized carbons (Fsp3) is 0.600. The fourth-order valence-electron chi connectivity index (χ4n) is 3.20. The number of carbonyl (C=O) groups excluding carboxylic acids is 2. The van der Waals surface area contributed by atoms with Gasteiger partial charge >= 0.3 is 0 Å². The molecular weight excluding hydrogens is 376 g/mol. The minimum absolute atomic E-state index is 0.0593. The number of ether oxygens (including phenoxy) is 1. The highest BCUT2D eigenvalue weighted by molar-refractivity contribution is 8.00. The summed E-state index contributed by atoms with van der Waals surface area (Å²) >= 11 is 1.33. The number of hydrogen-bond donors (Lipinski definition) is 2. The fourth-order valence-corrected chi connectivity index (χ4v) is 3.95. The van der Waals surface area contributed by atoms with Gasteiger partial charge in [-0.1, -0.05) is 26.0 Å². The van der Waals surface area contributed by atoms with E-state index in [1.54, 1.807) is 0 Å². The third kappa shape index (κ3) is 7.79. The van der Waals surface area contributed by atoms with Crippen molar-refractivity contribution < 1.29 is 14.3 Å². The van der Waals surface area contributed by atoms with Crippen molar-refractivity contribution in [1.29, 1.82) is 0 Å². The molecule has 28 heavy (non-hydrogen) atoms. The number of nitrogens with one attached hydrogen (secondary N) is 1. The van der Waals surface area contributed by atoms with Crippen molar-refractivity contribution in [2.75, 3.05) is 56.9 Å². The Balaban J connectivity index is 1.75. The predicted molar refractivity (Wildman–Crippen MR) is 114 cm³/mol. The predicted octanol–water partition coefficient (Wildman–Crippen LogP) is 1.64. The first-order valence-electron chi connectivity index (χ1n) is 9.88. The maximum atomic E-state index is 12.4. The van der Waals surface area contributed by atoms with Gasteiger partial charge in [-0.25, -0.2) is 0 Å². The molecule has 1 heterocycles. The Morgan fingerprint density at radius 3 is 2.79 bits per heavy atom. The summed E-state index contributed by atoms with van der Waals surface area (Å²) in [5.41, 5.74) is 5.93. The van der Waals surface area contributed by atoms with Crippen LogP contribution in [-0.4, -0.2) is 79.3 Å². The second-order valence-electron chi connectivity index (χ2n) is 6.84. The summed E-state index contributed by atoms with van der Waals surface area (Å²) in [4.78, 5) is 28.8. The number of para-hydroxylation sites is 1. The van der Waals surface area contributed by atoms with Crippen LogP contribution in [0, 0.1) is 0 Å². The third-order valence-electron chi connectivity index (χ3n) is 4.78. The summed E-state index contributed by atoms with van der Waals surface area (Å²) < 4.78 is 5.98. The van der Waals surface area contributed by atoms with Crippen LogP contribution in [0.4, 0.5) is 5.69 Å². The average Bonchev–Trinajstić information content (AvgIpc) is 3.11. The number of nitrogens with zero attached hydrogens (tertiary/aromatic N) is 2. The highest BCUT2D eigenvalue weighted by Crippen LogP contribution is 2.26. The van der Waals surface area contributed by atoms with Gasteiger partial charge in [-0.05, 0) is 31.6 Å². The molecular formula is C20H32N4O3S. The number of anilines is 1. The van der Waals surface area contributed by atoms with Crippen molar-refractivity contribution in [3.8, 4) is 0 Å². The van der Waals surface area contributed by atoms with E-state index in [0.29, 0.717) is 12.2 Å². The van der Waals surface area contributed by atoms with Gasteiger partial charge in [0.05, 0.1) is 30.7 Å². The van der Waals surface area contributed by atoms with Gasteiger partial charge in [-0.3, -0.25) is 14.5 Å². The van der Waals surface area contributed by atoms with E-state index in [2.05, 4.69) is 29.0 Å². The first-order chi connectivity index (χ1) is 13.5. The van der Waals surface area contributed by atoms with Crippen molar-refractivity contribution in [3.05, 3.63) is 24.3 Å². The lowest BCUT2D eigenvalue weighted by atomic mass is 10.3. The number of likely N-dealkylation sites (N-methyl/N-ethyl adjacent to an activating group) is 1. The van der Waals surface area contributed by atoms with Crippen LogP contribution < -0.4 is 11.1 Å². The van der Waals surface area contributed by atoms with Gasteiger partial charge in [-0.15, -0.1) is 11.8 Å². The number of rotatable bonds is 12. The lowest BCUT2D eigenvalue weighted by Crippen LogP contribution is -2.33. The van der Waals surface area contributed by atoms with Crippen LogP contribution >= 0.6 is 11.8 Å². The van der Waals surface area contributed by atoms with Crippen LogP contribution in [0.2, 0.25) is 0 Å². The summed E-state index contributed by atoms with van der Waals surface area (Å²) in [5, 5.41) is 2.95. The lowest BCUT2D eigenvalue weighted by molar-refractivity contribution is -0.117. The monoisotopic (exact) mass is 408 g/mol. The zero-order valence-corrected chi connectivity index (χ0v) is 17.7. The molecule has 1 saturated heterocycles. The summed E-state index contributed by atoms with van der Waals surface area (Å²) in [6.07, 6.45) is 1.15. The molecule has 2 rings (SSSR count). The third-order valence-corrected chi connectivity index (χ3v) is 5.88. The van der Waals surface area contributed by atoms with Crippen molar-refractivity contribution in [2.24, 2.45) is 5.73 Å². The molecule has 3 N–H and O–H groups in total. The Kier molecular flexibility index (Phi) is 9.77. The van der Waals surface area contributed by atoms with Crippen molar-refractivity contribution >= 4 is 29.3 Å². The molecule has 1 aromatic rings. The highest BCUT2D eigenvalue weighted by atomic mass is 32.2. The number of primary amides is 1. The normalized spacial score (nSPS) is 17.2. The zero-order valence-electron chi connectivity index (χ0n) is 16.9. The maximum Gasteiger partial charge on any atom is 0.238 e. The Bertz CT molecular complexity index is 640. The minimum atomic E-state index is -0.379. The van der Waals surface area contributed by atoms with E-state index in [-0.39, 0.29) is 23.7 Å². The quantitative estimate of drug-likeness (QED) is 0.511. The SMILES string of the molecule is CCN(CC)CCO[C@H]1CCN(CC(=O)Nc2ccccc2SCC(N)=O)C1. The minimum Gasteiger partial charge on any atom is -0.376 e. The van der Waals surface area contributed by atoms with E-state index in [1.807, 2.05) is 24.3 Å². The van der Waals surface area contributed by atoms with Crippen LogP contribution in [0.25, 0.3) is 0 Å². The zero-order chi connectivity index (χ0) is 20.4. The number of nitrogens with two attached hydrogens (primary N) is 1. The molecule has 2 amide bonds. The summed E-state index contributed by atoms with van der Waals surface area (Å²) in [6.45, 7) is 10.1. The number of benzene rings is 1. The van der Waals surface area contributed by atoms with Gasteiger partial charge in [0.25, 0.3) is 0 Å². The van der Waals surface area contributed by atoms with Crippen LogP contribution in [-0.2, 0) is 14.3 Å². The topological polar surface area (TPSA) is 87.9 Å². The molecule has 0 aliphatic carbocycles. The van der Waals surface area contributed by atoms with Crippen molar-refractivity contribution in [3.63, 3.8) is 0 Å². The smallest absolute Gasteiger partial charge is 0.238 e. The van der Waals surface area contributed by atoms with Gasteiger partial charge in [0, 0.05) is 24.5 Å². The number of amides is 2. The average molecular weight is 409 g/mol. The van der Waals surface area contributed by atoms with Crippen molar-refractivity contribution in [1.82, 2.24) is 9.80 Å². The Hall–Kier alpha value is -1.61. The van der Waals surface area contributed by atoms with Gasteiger partial charge in [0.1, 0.15) is 0 Å². The molecule has 8 heteroatoms. The number of hydrogen-bond acceptors (Lipinski definition) is 6. The molecule has 0 bridgehead atoms. The van der Waals surface area contributed by atoms with Gasteiger partial charge in [0.15, 0.2) is 0 Å². The van der Waals surface area contributed by atoms with Crippen molar-refractivity contribution in [2.45, 2.75) is 31.3 Å². The molecule has 0 radical (unpaired) electrons. The molecule has 0 saturated carbocycles. The van der Waals surface area contributed by atoms with Gasteiger partial charge in [0.2, 0.25) is 11.8 Å². The molecule has 0 unspecified atom stereocenters. The Morgan fingerprint density at radius 2 is 2.07 bits per heavy atom. The van der Waals surface area contributed by atoms with Crippen LogP contribution in [0.1, 0.15) is 20.3 Å². The Labute approximate surface area is 172 Å². The lowest BCUT2D eigenvalue weighted by Gasteiger charge is -2.20. The van der Waals surface area contributed by atoms with Crippen LogP contribution in [0.15, 0.2) is 29.2 Å². The van der Waals surface area contributed by atoms with E-state index in [9.17, 15) is 9.59 Å². The van der Waals surface area contributed by atoms with E-state index in [1.165, 1.54) is 11.8 Å². The summed E-state index contributed by atoms with van der Waals surface area (Å²) in [7, 11) is 0. The molecule has 1 aromatic carbocycles. The molecule has 7 nitrogen and oxygen atoms in total. The first-order valence-corrected chi connectivity index (χ1v) is 10.9. The maximum absolute atomic E-state index is 12.4. The Morgan fingerprint density at radius 1 is 1.32 bits per heavy atom. The molecule has 0 aromatic heterocycles. The number of likely N-dealkylation sites (tertiary alicyclic amines) is 1. The second kappa shape index (κ2) is 12.1. The van der Waals surface area contributed by atoms with E-state index in [4.69, 9.17) is 10.5 Å². The largest absolute Gasteiger partial charge is 0.376 e. The molecule has 156 valence electrons. The molecule has 0 spiro atoms. The molecule has 1 atom stereocenters. The summed E-state index contributed by atoms with van der Waals surface area (Å²) in [6, 6.07) is 7.45. The van der Waals surface area contributed by atoms with E-state index in [0.717, 1.165) is 50.6 Å². The van der Waals surface area contributed by atoms with E-state index >= 15 is 0 Å².